The van der Waals surface area contributed by atoms with Crippen molar-refractivity contribution in [2.24, 2.45) is 5.92 Å². The number of hydrogen-bond acceptors (Lipinski definition) is 4. The van der Waals surface area contributed by atoms with Crippen molar-refractivity contribution in [3.8, 4) is 5.75 Å². The Morgan fingerprint density at radius 2 is 1.86 bits per heavy atom. The maximum Gasteiger partial charge on any atom is 0.270 e. The lowest BCUT2D eigenvalue weighted by molar-refractivity contribution is -0.122. The van der Waals surface area contributed by atoms with Crippen LogP contribution in [0.1, 0.15) is 25.0 Å². The van der Waals surface area contributed by atoms with E-state index in [0.717, 1.165) is 21.3 Å². The van der Waals surface area contributed by atoms with E-state index in [1.807, 2.05) is 43.3 Å². The Balaban J connectivity index is 1.89. The van der Waals surface area contributed by atoms with E-state index in [1.165, 1.54) is 4.90 Å². The maximum absolute atomic E-state index is 13.1. The van der Waals surface area contributed by atoms with Crippen LogP contribution in [0.15, 0.2) is 52.5 Å². The quantitative estimate of drug-likeness (QED) is 0.391. The minimum Gasteiger partial charge on any atom is -0.493 e. The van der Waals surface area contributed by atoms with E-state index in [-0.39, 0.29) is 10.7 Å². The van der Waals surface area contributed by atoms with Crippen molar-refractivity contribution < 1.29 is 14.3 Å². The van der Waals surface area contributed by atoms with E-state index in [2.05, 4.69) is 35.1 Å². The second-order valence-corrected chi connectivity index (χ2v) is 8.46. The molecule has 5 nitrogen and oxygen atoms in total. The first kappa shape index (κ1) is 21.2. The van der Waals surface area contributed by atoms with E-state index >= 15 is 0 Å². The molecule has 2 amide bonds. The molecule has 1 heterocycles. The summed E-state index contributed by atoms with van der Waals surface area (Å²) in [6.45, 7) is 6.66. The van der Waals surface area contributed by atoms with Gasteiger partial charge < -0.3 is 4.74 Å². The molecule has 2 aromatic carbocycles. The van der Waals surface area contributed by atoms with E-state index < -0.39 is 11.8 Å². The molecule has 1 fully saturated rings. The number of carbonyl (C=O) groups excluding carboxylic acids is 2. The van der Waals surface area contributed by atoms with Gasteiger partial charge in [0.1, 0.15) is 11.3 Å². The van der Waals surface area contributed by atoms with Crippen molar-refractivity contribution in [1.82, 2.24) is 5.32 Å². The first-order valence-corrected chi connectivity index (χ1v) is 10.4. The fourth-order valence-corrected chi connectivity index (χ4v) is 3.59. The number of benzene rings is 2. The van der Waals surface area contributed by atoms with Crippen LogP contribution in [0.25, 0.3) is 6.08 Å². The topological polar surface area (TPSA) is 58.6 Å². The molecule has 0 aromatic heterocycles. The van der Waals surface area contributed by atoms with Gasteiger partial charge in [-0.3, -0.25) is 19.8 Å². The lowest BCUT2D eigenvalue weighted by Gasteiger charge is -2.30. The monoisotopic (exact) mass is 472 g/mol. The number of nitrogens with one attached hydrogen (secondary N) is 1. The van der Waals surface area contributed by atoms with Crippen LogP contribution in [0.5, 0.6) is 5.75 Å². The van der Waals surface area contributed by atoms with Crippen LogP contribution in [0.2, 0.25) is 0 Å². The average Bonchev–Trinajstić information content (AvgIpc) is 2.66. The third kappa shape index (κ3) is 4.92. The summed E-state index contributed by atoms with van der Waals surface area (Å²) >= 11 is 8.67. The van der Waals surface area contributed by atoms with Crippen LogP contribution in [-0.2, 0) is 9.59 Å². The standard InChI is InChI=1S/C22H21BrN2O3S/c1-13(2)12-28-17-7-4-15(5-8-17)11-18-20(26)24-22(29)25(21(18)27)19-9-6-16(23)10-14(19)3/h4-11,13H,12H2,1-3H3,(H,24,26,29)/b18-11+. The van der Waals surface area contributed by atoms with Gasteiger partial charge in [-0.1, -0.05) is 41.9 Å². The Bertz CT molecular complexity index is 1000. The predicted octanol–water partition coefficient (Wildman–Crippen LogP) is 4.62. The molecule has 29 heavy (non-hydrogen) atoms. The third-order valence-electron chi connectivity index (χ3n) is 4.28. The first-order chi connectivity index (χ1) is 13.8. The molecule has 0 saturated carbocycles. The fourth-order valence-electron chi connectivity index (χ4n) is 2.84. The number of thiocarbonyl (C=S) groups is 1. The minimum atomic E-state index is -0.508. The Morgan fingerprint density at radius 1 is 1.17 bits per heavy atom. The minimum absolute atomic E-state index is 0.0248. The molecule has 2 aromatic rings. The molecule has 1 aliphatic rings. The lowest BCUT2D eigenvalue weighted by atomic mass is 10.1. The zero-order valence-corrected chi connectivity index (χ0v) is 18.8. The number of aryl methyl sites for hydroxylation is 1. The highest BCUT2D eigenvalue weighted by molar-refractivity contribution is 9.10. The molecule has 7 heteroatoms. The van der Waals surface area contributed by atoms with E-state index in [4.69, 9.17) is 17.0 Å². The van der Waals surface area contributed by atoms with Crippen LogP contribution in [0.4, 0.5) is 5.69 Å². The molecule has 0 radical (unpaired) electrons. The highest BCUT2D eigenvalue weighted by atomic mass is 79.9. The number of rotatable bonds is 5. The van der Waals surface area contributed by atoms with Gasteiger partial charge in [-0.2, -0.15) is 0 Å². The summed E-state index contributed by atoms with van der Waals surface area (Å²) in [5, 5.41) is 2.68. The van der Waals surface area contributed by atoms with Gasteiger partial charge in [-0.05, 0) is 72.6 Å². The second kappa shape index (κ2) is 8.88. The van der Waals surface area contributed by atoms with Gasteiger partial charge in [0.05, 0.1) is 12.3 Å². The van der Waals surface area contributed by atoms with E-state index in [1.54, 1.807) is 12.1 Å². The summed E-state index contributed by atoms with van der Waals surface area (Å²) in [5.74, 6) is 0.209. The van der Waals surface area contributed by atoms with Crippen LogP contribution in [-0.4, -0.2) is 23.5 Å². The van der Waals surface area contributed by atoms with Crippen LogP contribution in [0.3, 0.4) is 0 Å². The molecule has 0 bridgehead atoms. The van der Waals surface area contributed by atoms with Crippen molar-refractivity contribution in [3.63, 3.8) is 0 Å². The number of carbonyl (C=O) groups is 2. The fraction of sp³-hybridized carbons (Fsp3) is 0.227. The Kier molecular flexibility index (Phi) is 6.49. The largest absolute Gasteiger partial charge is 0.493 e. The highest BCUT2D eigenvalue weighted by Gasteiger charge is 2.35. The number of ether oxygens (including phenoxy) is 1. The molecule has 1 saturated heterocycles. The molecule has 0 unspecified atom stereocenters. The Hall–Kier alpha value is -2.51. The van der Waals surface area contributed by atoms with Gasteiger partial charge in [-0.15, -0.1) is 0 Å². The molecular weight excluding hydrogens is 452 g/mol. The van der Waals surface area contributed by atoms with Crippen molar-refractivity contribution >= 4 is 56.8 Å². The van der Waals surface area contributed by atoms with Crippen molar-refractivity contribution in [1.29, 1.82) is 0 Å². The number of hydrogen-bond donors (Lipinski definition) is 1. The number of amides is 2. The lowest BCUT2D eigenvalue weighted by Crippen LogP contribution is -2.54. The Morgan fingerprint density at radius 3 is 2.48 bits per heavy atom. The summed E-state index contributed by atoms with van der Waals surface area (Å²) in [7, 11) is 0. The summed E-state index contributed by atoms with van der Waals surface area (Å²) in [5.41, 5.74) is 2.24. The summed E-state index contributed by atoms with van der Waals surface area (Å²) in [6, 6.07) is 12.8. The van der Waals surface area contributed by atoms with Gasteiger partial charge in [0.15, 0.2) is 5.11 Å². The summed E-state index contributed by atoms with van der Waals surface area (Å²) in [6.07, 6.45) is 1.56. The zero-order valence-electron chi connectivity index (χ0n) is 16.4. The third-order valence-corrected chi connectivity index (χ3v) is 5.05. The number of nitrogens with zero attached hydrogens (tertiary/aromatic N) is 1. The summed E-state index contributed by atoms with van der Waals surface area (Å²) in [4.78, 5) is 26.9. The first-order valence-electron chi connectivity index (χ1n) is 9.16. The summed E-state index contributed by atoms with van der Waals surface area (Å²) < 4.78 is 6.57. The van der Waals surface area contributed by atoms with Gasteiger partial charge in [-0.25, -0.2) is 0 Å². The second-order valence-electron chi connectivity index (χ2n) is 7.16. The van der Waals surface area contributed by atoms with Crippen LogP contribution in [0, 0.1) is 12.8 Å². The molecule has 0 atom stereocenters. The number of halogens is 1. The van der Waals surface area contributed by atoms with E-state index in [0.29, 0.717) is 18.2 Å². The zero-order chi connectivity index (χ0) is 21.1. The molecule has 1 N–H and O–H groups in total. The molecule has 3 rings (SSSR count). The highest BCUT2D eigenvalue weighted by Crippen LogP contribution is 2.28. The average molecular weight is 473 g/mol. The van der Waals surface area contributed by atoms with Crippen molar-refractivity contribution in [3.05, 3.63) is 63.6 Å². The van der Waals surface area contributed by atoms with Crippen molar-refractivity contribution in [2.75, 3.05) is 11.5 Å². The molecule has 0 aliphatic carbocycles. The van der Waals surface area contributed by atoms with Crippen LogP contribution < -0.4 is 15.0 Å². The predicted molar refractivity (Wildman–Crippen MR) is 122 cm³/mol. The molecule has 0 spiro atoms. The number of anilines is 1. The van der Waals surface area contributed by atoms with Crippen molar-refractivity contribution in [2.45, 2.75) is 20.8 Å². The van der Waals surface area contributed by atoms with Gasteiger partial charge >= 0.3 is 0 Å². The van der Waals surface area contributed by atoms with Crippen LogP contribution >= 0.6 is 28.1 Å². The van der Waals surface area contributed by atoms with Gasteiger partial charge in [0.25, 0.3) is 11.8 Å². The normalized spacial score (nSPS) is 15.8. The molecule has 150 valence electrons. The van der Waals surface area contributed by atoms with Gasteiger partial charge in [0, 0.05) is 4.47 Å². The van der Waals surface area contributed by atoms with Gasteiger partial charge in [0.2, 0.25) is 0 Å². The maximum atomic E-state index is 13.1. The SMILES string of the molecule is Cc1cc(Br)ccc1N1C(=O)/C(=C/c2ccc(OCC(C)C)cc2)C(=O)NC1=S. The van der Waals surface area contributed by atoms with E-state index in [9.17, 15) is 9.59 Å². The Labute approximate surface area is 183 Å². The molecule has 1 aliphatic heterocycles. The smallest absolute Gasteiger partial charge is 0.270 e. The molecular formula is C22H21BrN2O3S.